The molecule has 1 unspecified atom stereocenters. The van der Waals surface area contributed by atoms with Gasteiger partial charge in [0.05, 0.1) is 26.7 Å². The highest BCUT2D eigenvalue weighted by Crippen LogP contribution is 2.17. The van der Waals surface area contributed by atoms with Crippen LogP contribution in [0, 0.1) is 0 Å². The number of benzene rings is 1. The van der Waals surface area contributed by atoms with Crippen molar-refractivity contribution in [2.24, 2.45) is 0 Å². The molecule has 0 bridgehead atoms. The number of carboxylic acid groups (broad SMARTS) is 1. The molecule has 1 aliphatic rings. The summed E-state index contributed by atoms with van der Waals surface area (Å²) in [6.07, 6.45) is -0.0244. The largest absolute Gasteiger partial charge is 0.481 e. The fourth-order valence-corrected chi connectivity index (χ4v) is 2.45. The SMILES string of the molecule is COC(=O)C1COCCN1Cc1ccccc1CC(=O)O. The van der Waals surface area contributed by atoms with Crippen LogP contribution in [0.4, 0.5) is 0 Å². The normalized spacial score (nSPS) is 19.2. The smallest absolute Gasteiger partial charge is 0.325 e. The van der Waals surface area contributed by atoms with E-state index in [0.29, 0.717) is 26.3 Å². The van der Waals surface area contributed by atoms with Crippen molar-refractivity contribution in [2.75, 3.05) is 26.9 Å². The molecular formula is C15H19NO5. The number of aliphatic carboxylic acids is 1. The standard InChI is InChI=1S/C15H19NO5/c1-20-15(19)13-10-21-7-6-16(13)9-12-5-3-2-4-11(12)8-14(17)18/h2-5,13H,6-10H2,1H3,(H,17,18). The van der Waals surface area contributed by atoms with Crippen LogP contribution < -0.4 is 0 Å². The van der Waals surface area contributed by atoms with E-state index < -0.39 is 12.0 Å². The van der Waals surface area contributed by atoms with Gasteiger partial charge in [0.15, 0.2) is 0 Å². The molecule has 0 aromatic heterocycles. The summed E-state index contributed by atoms with van der Waals surface area (Å²) in [5.41, 5.74) is 1.68. The van der Waals surface area contributed by atoms with E-state index in [0.717, 1.165) is 11.1 Å². The molecule has 0 amide bonds. The van der Waals surface area contributed by atoms with E-state index in [9.17, 15) is 9.59 Å². The topological polar surface area (TPSA) is 76.1 Å². The zero-order valence-corrected chi connectivity index (χ0v) is 11.9. The van der Waals surface area contributed by atoms with Gasteiger partial charge in [0.25, 0.3) is 0 Å². The van der Waals surface area contributed by atoms with Gasteiger partial charge >= 0.3 is 11.9 Å². The Morgan fingerprint density at radius 2 is 2.10 bits per heavy atom. The molecule has 1 atom stereocenters. The maximum absolute atomic E-state index is 11.8. The Hall–Kier alpha value is -1.92. The van der Waals surface area contributed by atoms with Gasteiger partial charge in [-0.2, -0.15) is 0 Å². The minimum atomic E-state index is -0.867. The van der Waals surface area contributed by atoms with Crippen LogP contribution in [0.3, 0.4) is 0 Å². The summed E-state index contributed by atoms with van der Waals surface area (Å²) in [4.78, 5) is 24.7. The summed E-state index contributed by atoms with van der Waals surface area (Å²) in [5.74, 6) is -1.20. The van der Waals surface area contributed by atoms with Crippen molar-refractivity contribution in [1.29, 1.82) is 0 Å². The van der Waals surface area contributed by atoms with E-state index in [1.807, 2.05) is 23.1 Å². The van der Waals surface area contributed by atoms with Crippen LogP contribution in [0.15, 0.2) is 24.3 Å². The van der Waals surface area contributed by atoms with Crippen molar-refractivity contribution in [1.82, 2.24) is 4.90 Å². The molecule has 0 aliphatic carbocycles. The molecule has 1 heterocycles. The molecular weight excluding hydrogens is 274 g/mol. The second-order valence-corrected chi connectivity index (χ2v) is 4.92. The summed E-state index contributed by atoms with van der Waals surface area (Å²) in [6.45, 7) is 1.97. The van der Waals surface area contributed by atoms with Crippen molar-refractivity contribution in [3.8, 4) is 0 Å². The van der Waals surface area contributed by atoms with E-state index in [1.165, 1.54) is 7.11 Å². The third-order valence-electron chi connectivity index (χ3n) is 3.55. The molecule has 0 saturated carbocycles. The van der Waals surface area contributed by atoms with Gasteiger partial charge in [-0.3, -0.25) is 14.5 Å². The fraction of sp³-hybridized carbons (Fsp3) is 0.467. The average molecular weight is 293 g/mol. The third-order valence-corrected chi connectivity index (χ3v) is 3.55. The highest BCUT2D eigenvalue weighted by atomic mass is 16.5. The Morgan fingerprint density at radius 3 is 2.76 bits per heavy atom. The van der Waals surface area contributed by atoms with Crippen LogP contribution in [-0.2, 0) is 32.0 Å². The summed E-state index contributed by atoms with van der Waals surface area (Å²) in [5, 5.41) is 8.97. The van der Waals surface area contributed by atoms with Gasteiger partial charge in [0, 0.05) is 13.1 Å². The third kappa shape index (κ3) is 4.03. The van der Waals surface area contributed by atoms with Gasteiger partial charge in [0.2, 0.25) is 0 Å². The molecule has 21 heavy (non-hydrogen) atoms. The Labute approximate surface area is 123 Å². The molecule has 6 heteroatoms. The minimum Gasteiger partial charge on any atom is -0.481 e. The zero-order chi connectivity index (χ0) is 15.2. The van der Waals surface area contributed by atoms with Crippen LogP contribution in [0.1, 0.15) is 11.1 Å². The summed E-state index contributed by atoms with van der Waals surface area (Å²) >= 11 is 0. The van der Waals surface area contributed by atoms with Crippen LogP contribution in [-0.4, -0.2) is 54.9 Å². The first-order chi connectivity index (χ1) is 10.1. The average Bonchev–Trinajstić information content (AvgIpc) is 2.48. The Balaban J connectivity index is 2.15. The number of carbonyl (C=O) groups excluding carboxylic acids is 1. The first-order valence-corrected chi connectivity index (χ1v) is 6.80. The summed E-state index contributed by atoms with van der Waals surface area (Å²) in [7, 11) is 1.35. The molecule has 6 nitrogen and oxygen atoms in total. The number of methoxy groups -OCH3 is 1. The molecule has 114 valence electrons. The van der Waals surface area contributed by atoms with Gasteiger partial charge < -0.3 is 14.6 Å². The van der Waals surface area contributed by atoms with Crippen molar-refractivity contribution in [3.05, 3.63) is 35.4 Å². The van der Waals surface area contributed by atoms with Crippen LogP contribution in [0.5, 0.6) is 0 Å². The van der Waals surface area contributed by atoms with Gasteiger partial charge in [-0.15, -0.1) is 0 Å². The number of ether oxygens (including phenoxy) is 2. The van der Waals surface area contributed by atoms with Crippen LogP contribution in [0.2, 0.25) is 0 Å². The fourth-order valence-electron chi connectivity index (χ4n) is 2.45. The van der Waals surface area contributed by atoms with E-state index in [1.54, 1.807) is 6.07 Å². The Morgan fingerprint density at radius 1 is 1.38 bits per heavy atom. The summed E-state index contributed by atoms with van der Waals surface area (Å²) < 4.78 is 10.1. The molecule has 0 spiro atoms. The van der Waals surface area contributed by atoms with Crippen molar-refractivity contribution >= 4 is 11.9 Å². The Bertz CT molecular complexity index is 517. The summed E-state index contributed by atoms with van der Waals surface area (Å²) in [6, 6.07) is 6.94. The zero-order valence-electron chi connectivity index (χ0n) is 11.9. The monoisotopic (exact) mass is 293 g/mol. The van der Waals surface area contributed by atoms with Crippen molar-refractivity contribution < 1.29 is 24.2 Å². The number of esters is 1. The number of nitrogens with zero attached hydrogens (tertiary/aromatic N) is 1. The van der Waals surface area contributed by atoms with Crippen molar-refractivity contribution in [2.45, 2.75) is 19.0 Å². The van der Waals surface area contributed by atoms with Crippen LogP contribution in [0.25, 0.3) is 0 Å². The van der Waals surface area contributed by atoms with E-state index in [-0.39, 0.29) is 12.4 Å². The number of carboxylic acids is 1. The lowest BCUT2D eigenvalue weighted by Gasteiger charge is -2.34. The minimum absolute atomic E-state index is 0.0244. The molecule has 1 saturated heterocycles. The van der Waals surface area contributed by atoms with E-state index in [4.69, 9.17) is 14.6 Å². The number of hydrogen-bond donors (Lipinski definition) is 1. The molecule has 0 radical (unpaired) electrons. The second kappa shape index (κ2) is 7.19. The predicted octanol–water partition coefficient (Wildman–Crippen LogP) is 0.687. The number of morpholine rings is 1. The van der Waals surface area contributed by atoms with Crippen LogP contribution >= 0.6 is 0 Å². The molecule has 2 rings (SSSR count). The van der Waals surface area contributed by atoms with Crippen molar-refractivity contribution in [3.63, 3.8) is 0 Å². The number of hydrogen-bond acceptors (Lipinski definition) is 5. The number of rotatable bonds is 5. The highest BCUT2D eigenvalue weighted by molar-refractivity contribution is 5.76. The number of carbonyl (C=O) groups is 2. The first kappa shape index (κ1) is 15.5. The molecule has 1 aliphatic heterocycles. The van der Waals surface area contributed by atoms with Gasteiger partial charge in [-0.05, 0) is 11.1 Å². The maximum atomic E-state index is 11.8. The first-order valence-electron chi connectivity index (χ1n) is 6.80. The lowest BCUT2D eigenvalue weighted by atomic mass is 10.0. The Kier molecular flexibility index (Phi) is 5.30. The van der Waals surface area contributed by atoms with E-state index in [2.05, 4.69) is 0 Å². The van der Waals surface area contributed by atoms with Gasteiger partial charge in [-0.1, -0.05) is 24.3 Å². The molecule has 1 aromatic rings. The predicted molar refractivity (Wildman–Crippen MR) is 74.8 cm³/mol. The maximum Gasteiger partial charge on any atom is 0.325 e. The molecule has 1 aromatic carbocycles. The molecule has 1 fully saturated rings. The molecule has 1 N–H and O–H groups in total. The van der Waals surface area contributed by atoms with Gasteiger partial charge in [0.1, 0.15) is 6.04 Å². The highest BCUT2D eigenvalue weighted by Gasteiger charge is 2.30. The van der Waals surface area contributed by atoms with E-state index >= 15 is 0 Å². The quantitative estimate of drug-likeness (QED) is 0.805. The second-order valence-electron chi connectivity index (χ2n) is 4.92. The van der Waals surface area contributed by atoms with Gasteiger partial charge in [-0.25, -0.2) is 0 Å². The lowest BCUT2D eigenvalue weighted by Crippen LogP contribution is -2.49. The lowest BCUT2D eigenvalue weighted by molar-refractivity contribution is -0.153.